The number of carbonyl (C=O) groups is 11. The molecule has 1 rings (SSSR count). The van der Waals surface area contributed by atoms with E-state index < -0.39 is 163 Å². The van der Waals surface area contributed by atoms with Crippen molar-refractivity contribution >= 4 is 65.1 Å². The number of amides is 9. The van der Waals surface area contributed by atoms with E-state index in [1.807, 2.05) is 0 Å². The lowest BCUT2D eigenvalue weighted by molar-refractivity contribution is -0.142. The minimum Gasteiger partial charge on any atom is -0.508 e. The number of hydrogen-bond acceptors (Lipinski definition) is 18. The summed E-state index contributed by atoms with van der Waals surface area (Å²) in [4.78, 5) is 146. The van der Waals surface area contributed by atoms with E-state index in [4.69, 9.17) is 28.7 Å². The van der Waals surface area contributed by atoms with Gasteiger partial charge in [0.05, 0.1) is 12.2 Å². The molecule has 0 aliphatic heterocycles. The predicted octanol–water partition coefficient (Wildman–Crippen LogP) is -4.45. The number of rotatable bonds is 41. The van der Waals surface area contributed by atoms with Gasteiger partial charge in [-0.1, -0.05) is 32.4 Å². The third-order valence-electron chi connectivity index (χ3n) is 13.0. The Morgan fingerprint density at radius 1 is 0.475 bits per heavy atom. The highest BCUT2D eigenvalue weighted by Gasteiger charge is 2.38. The molecule has 0 aliphatic rings. The maximum absolute atomic E-state index is 14.4. The van der Waals surface area contributed by atoms with Gasteiger partial charge < -0.3 is 96.7 Å². The lowest BCUT2D eigenvalue weighted by Gasteiger charge is -2.30. The second kappa shape index (κ2) is 37.8. The van der Waals surface area contributed by atoms with Gasteiger partial charge in [-0.25, -0.2) is 4.79 Å². The fraction of sp³-hybridized carbons (Fsp3) is 0.667. The highest BCUT2D eigenvalue weighted by Crippen LogP contribution is 2.16. The minimum atomic E-state index is -1.82. The van der Waals surface area contributed by atoms with E-state index in [-0.39, 0.29) is 63.9 Å². The molecule has 80 heavy (non-hydrogen) atoms. The Labute approximate surface area is 465 Å². The van der Waals surface area contributed by atoms with Crippen LogP contribution >= 0.6 is 0 Å². The molecule has 12 atom stereocenters. The van der Waals surface area contributed by atoms with Crippen LogP contribution in [0.5, 0.6) is 5.75 Å². The number of carboxylic acid groups (broad SMARTS) is 2. The number of hydrogen-bond donors (Lipinski definition) is 18. The molecule has 9 amide bonds. The van der Waals surface area contributed by atoms with Gasteiger partial charge in [0.1, 0.15) is 60.1 Å². The van der Waals surface area contributed by atoms with Gasteiger partial charge >= 0.3 is 11.9 Å². The average Bonchev–Trinajstić information content (AvgIpc) is 3.40. The van der Waals surface area contributed by atoms with Gasteiger partial charge in [0.25, 0.3) is 0 Å². The normalized spacial score (nSPS) is 15.7. The topological polar surface area (TPSA) is 515 Å². The molecule has 0 aromatic heterocycles. The number of benzene rings is 1. The molecule has 0 spiro atoms. The summed E-state index contributed by atoms with van der Waals surface area (Å²) >= 11 is 0. The Balaban J connectivity index is 3.60. The average molecular weight is 1140 g/mol. The number of carboxylic acids is 2. The number of carbonyl (C=O) groups excluding carboxylic acids is 9. The number of nitrogens with two attached hydrogens (primary N) is 5. The van der Waals surface area contributed by atoms with E-state index in [1.165, 1.54) is 31.2 Å². The van der Waals surface area contributed by atoms with Crippen LogP contribution in [0.3, 0.4) is 0 Å². The molecular weight excluding hydrogens is 1050 g/mol. The van der Waals surface area contributed by atoms with Crippen LogP contribution in [0.1, 0.15) is 123 Å². The molecule has 0 aliphatic carbocycles. The van der Waals surface area contributed by atoms with Crippen LogP contribution in [-0.4, -0.2) is 177 Å². The van der Waals surface area contributed by atoms with Gasteiger partial charge in [-0.15, -0.1) is 0 Å². The van der Waals surface area contributed by atoms with Gasteiger partial charge in [0.15, 0.2) is 0 Å². The first-order chi connectivity index (χ1) is 37.7. The Morgan fingerprint density at radius 3 is 1.26 bits per heavy atom. The molecule has 0 saturated heterocycles. The van der Waals surface area contributed by atoms with Gasteiger partial charge in [-0.2, -0.15) is 0 Å². The Bertz CT molecular complexity index is 2190. The highest BCUT2D eigenvalue weighted by molar-refractivity contribution is 5.98. The zero-order valence-corrected chi connectivity index (χ0v) is 46.1. The SMILES string of the molecule is CC[C@H](C)[C@H](NC(=O)[C@H](Cc1ccc(O)cc1)NC(=O)[C@H](CCCCN)NC(=O)[C@@H](N)[C@@H](C)O)C(=O)N[C@H](C(=O)N[C@@H](CCCCN)C(=O)N[C@@H](CCC(=O)O)C(=O)N[C@@H](CCC(N)=O)C(=O)N[C@@H](CCCCN)C(=O)O)[C@@H](C)O. The molecule has 1 aromatic carbocycles. The van der Waals surface area contributed by atoms with Crippen LogP contribution < -0.4 is 71.2 Å². The van der Waals surface area contributed by atoms with Crippen molar-refractivity contribution in [3.05, 3.63) is 29.8 Å². The van der Waals surface area contributed by atoms with E-state index >= 15 is 0 Å². The number of phenolic OH excluding ortho intramolecular Hbond substituents is 1. The molecule has 452 valence electrons. The molecule has 0 radical (unpaired) electrons. The summed E-state index contributed by atoms with van der Waals surface area (Å²) in [5.74, 6) is -12.4. The van der Waals surface area contributed by atoms with Crippen molar-refractivity contribution in [2.24, 2.45) is 34.6 Å². The molecule has 0 unspecified atom stereocenters. The van der Waals surface area contributed by atoms with Crippen molar-refractivity contribution in [1.82, 2.24) is 42.5 Å². The summed E-state index contributed by atoms with van der Waals surface area (Å²) < 4.78 is 0. The van der Waals surface area contributed by atoms with Gasteiger partial charge in [-0.3, -0.25) is 47.9 Å². The summed E-state index contributed by atoms with van der Waals surface area (Å²) in [7, 11) is 0. The Kier molecular flexibility index (Phi) is 33.5. The summed E-state index contributed by atoms with van der Waals surface area (Å²) in [5.41, 5.74) is 28.5. The van der Waals surface area contributed by atoms with Crippen LogP contribution in [0, 0.1) is 5.92 Å². The largest absolute Gasteiger partial charge is 0.508 e. The molecule has 0 fully saturated rings. The van der Waals surface area contributed by atoms with E-state index in [9.17, 15) is 78.3 Å². The summed E-state index contributed by atoms with van der Waals surface area (Å²) in [6.07, 6.45) is -3.09. The zero-order chi connectivity index (χ0) is 60.6. The fourth-order valence-corrected chi connectivity index (χ4v) is 7.88. The maximum Gasteiger partial charge on any atom is 0.326 e. The molecule has 0 heterocycles. The van der Waals surface area contributed by atoms with E-state index in [1.54, 1.807) is 13.8 Å². The monoisotopic (exact) mass is 1140 g/mol. The number of primary amides is 1. The quantitative estimate of drug-likeness (QED) is 0.0275. The number of phenols is 1. The standard InChI is InChI=1S/C51H87N13O16/c1-5-27(2)41(63-47(75)37(26-30-15-17-31(67)18-16-30)62-44(72)32(12-6-9-23-52)59-48(76)40(56)28(3)65)49(77)64-42(29(4)66)50(78)60-33(13-7-10-24-53)43(71)58-35(20-22-39(69)70)45(73)57-34(19-21-38(55)68)46(74)61-36(51(79)80)14-8-11-25-54/h15-18,27-29,32-37,40-42,65-67H,5-14,19-26,52-54,56H2,1-4H3,(H2,55,68)(H,57,73)(H,58,71)(H,59,76)(H,60,78)(H,61,74)(H,62,72)(H,63,75)(H,64,77)(H,69,70)(H,79,80)/t27-,28+,29+,32-,33-,34-,35-,36-,37-,40-,41-,42-/m0/s1. The number of aliphatic hydroxyl groups is 2. The molecule has 29 heteroatoms. The van der Waals surface area contributed by atoms with E-state index in [2.05, 4.69) is 42.5 Å². The van der Waals surface area contributed by atoms with Gasteiger partial charge in [0, 0.05) is 19.3 Å². The number of aliphatic hydroxyl groups excluding tert-OH is 2. The van der Waals surface area contributed by atoms with Crippen molar-refractivity contribution < 1.29 is 78.3 Å². The first-order valence-electron chi connectivity index (χ1n) is 26.9. The van der Waals surface area contributed by atoms with Crippen LogP contribution in [0.2, 0.25) is 0 Å². The highest BCUT2D eigenvalue weighted by atomic mass is 16.4. The molecular formula is C51H87N13O16. The van der Waals surface area contributed by atoms with Crippen molar-refractivity contribution in [1.29, 1.82) is 0 Å². The second-order valence-electron chi connectivity index (χ2n) is 19.7. The van der Waals surface area contributed by atoms with Gasteiger partial charge in [-0.05, 0) is 128 Å². The van der Waals surface area contributed by atoms with E-state index in [0.29, 0.717) is 37.7 Å². The minimum absolute atomic E-state index is 0.0340. The molecule has 0 saturated carbocycles. The zero-order valence-electron chi connectivity index (χ0n) is 46.1. The number of nitrogens with one attached hydrogen (secondary N) is 8. The molecule has 29 nitrogen and oxygen atoms in total. The van der Waals surface area contributed by atoms with Crippen LogP contribution in [0.4, 0.5) is 0 Å². The molecule has 0 bridgehead atoms. The Hall–Kier alpha value is -7.05. The number of aliphatic carboxylic acids is 2. The van der Waals surface area contributed by atoms with Crippen molar-refractivity contribution in [2.45, 2.75) is 191 Å². The number of aromatic hydroxyl groups is 1. The predicted molar refractivity (Wildman–Crippen MR) is 290 cm³/mol. The van der Waals surface area contributed by atoms with Crippen molar-refractivity contribution in [3.63, 3.8) is 0 Å². The Morgan fingerprint density at radius 2 is 0.850 bits per heavy atom. The van der Waals surface area contributed by atoms with Gasteiger partial charge in [0.2, 0.25) is 53.2 Å². The fourth-order valence-electron chi connectivity index (χ4n) is 7.88. The second-order valence-corrected chi connectivity index (χ2v) is 19.7. The summed E-state index contributed by atoms with van der Waals surface area (Å²) in [5, 5.41) is 69.8. The first kappa shape index (κ1) is 71.0. The lowest BCUT2D eigenvalue weighted by Crippen LogP contribution is -2.63. The third kappa shape index (κ3) is 26.7. The maximum atomic E-state index is 14.4. The lowest BCUT2D eigenvalue weighted by atomic mass is 9.96. The summed E-state index contributed by atoms with van der Waals surface area (Å²) in [6.45, 7) is 6.41. The van der Waals surface area contributed by atoms with E-state index in [0.717, 1.165) is 6.92 Å². The third-order valence-corrected chi connectivity index (χ3v) is 13.0. The number of unbranched alkanes of at least 4 members (excludes halogenated alkanes) is 3. The van der Waals surface area contributed by atoms with Crippen LogP contribution in [-0.2, 0) is 59.2 Å². The van der Waals surface area contributed by atoms with Crippen molar-refractivity contribution in [3.8, 4) is 5.75 Å². The smallest absolute Gasteiger partial charge is 0.326 e. The summed E-state index contributed by atoms with van der Waals surface area (Å²) in [6, 6.07) is -8.02. The van der Waals surface area contributed by atoms with Crippen molar-refractivity contribution in [2.75, 3.05) is 19.6 Å². The first-order valence-corrected chi connectivity index (χ1v) is 26.9. The molecule has 23 N–H and O–H groups in total. The van der Waals surface area contributed by atoms with Crippen LogP contribution in [0.15, 0.2) is 24.3 Å². The van der Waals surface area contributed by atoms with Crippen LogP contribution in [0.25, 0.3) is 0 Å². The molecule has 1 aromatic rings.